The maximum Gasteiger partial charge on any atom is 0.133 e. The Morgan fingerprint density at radius 1 is 1.33 bits per heavy atom. The minimum Gasteiger partial charge on any atom is -0.357 e. The van der Waals surface area contributed by atoms with Crippen LogP contribution in [0.25, 0.3) is 0 Å². The zero-order valence-electron chi connectivity index (χ0n) is 12.1. The lowest BCUT2D eigenvalue weighted by molar-refractivity contribution is 0.400. The number of pyridine rings is 1. The molecule has 102 valence electrons. The van der Waals surface area contributed by atoms with E-state index in [1.54, 1.807) is 0 Å². The molecule has 4 nitrogen and oxygen atoms in total. The zero-order valence-corrected chi connectivity index (χ0v) is 12.1. The second-order valence-electron chi connectivity index (χ2n) is 4.94. The molecule has 0 bridgehead atoms. The van der Waals surface area contributed by atoms with Gasteiger partial charge in [-0.25, -0.2) is 4.98 Å². The third kappa shape index (κ3) is 4.27. The molecule has 0 spiro atoms. The van der Waals surface area contributed by atoms with E-state index >= 15 is 0 Å². The van der Waals surface area contributed by atoms with Gasteiger partial charge in [-0.05, 0) is 47.0 Å². The molecular weight excluding hydrogens is 224 g/mol. The van der Waals surface area contributed by atoms with Crippen LogP contribution in [0.2, 0.25) is 0 Å². The van der Waals surface area contributed by atoms with Crippen LogP contribution in [0.15, 0.2) is 18.3 Å². The summed E-state index contributed by atoms with van der Waals surface area (Å²) in [6, 6.07) is 4.05. The Kier molecular flexibility index (Phi) is 6.09. The van der Waals surface area contributed by atoms with E-state index in [9.17, 15) is 0 Å². The molecule has 4 heteroatoms. The second kappa shape index (κ2) is 7.34. The highest BCUT2D eigenvalue weighted by atomic mass is 15.2. The van der Waals surface area contributed by atoms with E-state index in [1.165, 1.54) is 0 Å². The maximum atomic E-state index is 6.01. The molecular formula is C14H26N4. The molecule has 0 aliphatic rings. The van der Waals surface area contributed by atoms with Crippen molar-refractivity contribution in [2.45, 2.75) is 26.3 Å². The highest BCUT2D eigenvalue weighted by Gasteiger charge is 2.13. The summed E-state index contributed by atoms with van der Waals surface area (Å²) >= 11 is 0. The van der Waals surface area contributed by atoms with E-state index in [1.807, 2.05) is 19.2 Å². The molecule has 0 saturated heterocycles. The van der Waals surface area contributed by atoms with Gasteiger partial charge in [-0.15, -0.1) is 0 Å². The van der Waals surface area contributed by atoms with Crippen molar-refractivity contribution in [2.75, 3.05) is 38.6 Å². The van der Waals surface area contributed by atoms with Crippen LogP contribution in [0.1, 0.15) is 31.9 Å². The molecule has 1 aromatic rings. The summed E-state index contributed by atoms with van der Waals surface area (Å²) in [6.45, 7) is 7.25. The zero-order chi connectivity index (χ0) is 13.5. The average molecular weight is 250 g/mol. The fourth-order valence-electron chi connectivity index (χ4n) is 2.02. The van der Waals surface area contributed by atoms with Gasteiger partial charge in [0.2, 0.25) is 0 Å². The molecule has 0 aromatic carbocycles. The number of rotatable bonds is 7. The van der Waals surface area contributed by atoms with Crippen LogP contribution in [-0.4, -0.2) is 43.6 Å². The van der Waals surface area contributed by atoms with Crippen LogP contribution < -0.4 is 10.6 Å². The van der Waals surface area contributed by atoms with Crippen LogP contribution in [0.4, 0.5) is 5.82 Å². The first-order valence-electron chi connectivity index (χ1n) is 6.66. The minimum atomic E-state index is 0.0246. The van der Waals surface area contributed by atoms with Crippen molar-refractivity contribution in [3.63, 3.8) is 0 Å². The molecule has 1 heterocycles. The van der Waals surface area contributed by atoms with Crippen LogP contribution in [0.5, 0.6) is 0 Å². The third-order valence-electron chi connectivity index (χ3n) is 3.02. The van der Waals surface area contributed by atoms with E-state index < -0.39 is 0 Å². The topological polar surface area (TPSA) is 45.4 Å². The Hall–Kier alpha value is -1.13. The summed E-state index contributed by atoms with van der Waals surface area (Å²) < 4.78 is 0. The van der Waals surface area contributed by atoms with Gasteiger partial charge in [0.15, 0.2) is 0 Å². The van der Waals surface area contributed by atoms with Crippen molar-refractivity contribution in [1.29, 1.82) is 0 Å². The predicted molar refractivity (Wildman–Crippen MR) is 77.9 cm³/mol. The molecule has 0 radical (unpaired) electrons. The fourth-order valence-corrected chi connectivity index (χ4v) is 2.02. The molecule has 1 rings (SSSR count). The van der Waals surface area contributed by atoms with Gasteiger partial charge >= 0.3 is 0 Å². The Morgan fingerprint density at radius 2 is 2.06 bits per heavy atom. The van der Waals surface area contributed by atoms with Crippen LogP contribution >= 0.6 is 0 Å². The van der Waals surface area contributed by atoms with Crippen molar-refractivity contribution >= 4 is 5.82 Å². The predicted octanol–water partition coefficient (Wildman–Crippen LogP) is 1.88. The lowest BCUT2D eigenvalue weighted by atomic mass is 10.1. The van der Waals surface area contributed by atoms with E-state index in [-0.39, 0.29) is 6.04 Å². The number of hydrogen-bond donors (Lipinski definition) is 1. The standard InChI is InChI=1S/C14H26N4/c1-5-18(11-7-10-17(3)4)14-13(12(2)15)8-6-9-16-14/h6,8-9,12H,5,7,10-11,15H2,1-4H3. The fraction of sp³-hybridized carbons (Fsp3) is 0.643. The Morgan fingerprint density at radius 3 is 2.61 bits per heavy atom. The van der Waals surface area contributed by atoms with E-state index in [4.69, 9.17) is 5.73 Å². The van der Waals surface area contributed by atoms with Crippen molar-refractivity contribution < 1.29 is 0 Å². The Bertz CT molecular complexity index is 349. The molecule has 18 heavy (non-hydrogen) atoms. The molecule has 2 N–H and O–H groups in total. The van der Waals surface area contributed by atoms with E-state index in [0.717, 1.165) is 37.4 Å². The first-order chi connectivity index (χ1) is 8.56. The Labute approximate surface area is 111 Å². The summed E-state index contributed by atoms with van der Waals surface area (Å²) in [5, 5.41) is 0. The van der Waals surface area contributed by atoms with E-state index in [2.05, 4.69) is 41.9 Å². The van der Waals surface area contributed by atoms with Crippen LogP contribution in [-0.2, 0) is 0 Å². The third-order valence-corrected chi connectivity index (χ3v) is 3.02. The monoisotopic (exact) mass is 250 g/mol. The lowest BCUT2D eigenvalue weighted by Crippen LogP contribution is -2.29. The molecule has 1 atom stereocenters. The van der Waals surface area contributed by atoms with Gasteiger partial charge in [-0.2, -0.15) is 0 Å². The van der Waals surface area contributed by atoms with Gasteiger partial charge in [0.25, 0.3) is 0 Å². The van der Waals surface area contributed by atoms with Crippen molar-refractivity contribution in [3.8, 4) is 0 Å². The number of aromatic nitrogens is 1. The van der Waals surface area contributed by atoms with Crippen LogP contribution in [0.3, 0.4) is 0 Å². The molecule has 0 saturated carbocycles. The SMILES string of the molecule is CCN(CCCN(C)C)c1ncccc1C(C)N. The largest absolute Gasteiger partial charge is 0.357 e. The average Bonchev–Trinajstić information content (AvgIpc) is 2.34. The first kappa shape index (κ1) is 14.9. The maximum absolute atomic E-state index is 6.01. The molecule has 0 aliphatic heterocycles. The van der Waals surface area contributed by atoms with Gasteiger partial charge in [0.05, 0.1) is 0 Å². The first-order valence-corrected chi connectivity index (χ1v) is 6.66. The molecule has 1 aromatic heterocycles. The lowest BCUT2D eigenvalue weighted by Gasteiger charge is -2.26. The summed E-state index contributed by atoms with van der Waals surface area (Å²) in [6.07, 6.45) is 2.98. The summed E-state index contributed by atoms with van der Waals surface area (Å²) in [4.78, 5) is 9.02. The number of nitrogens with zero attached hydrogens (tertiary/aromatic N) is 3. The van der Waals surface area contributed by atoms with Gasteiger partial charge in [0, 0.05) is 30.9 Å². The summed E-state index contributed by atoms with van der Waals surface area (Å²) in [5.41, 5.74) is 7.14. The summed E-state index contributed by atoms with van der Waals surface area (Å²) in [7, 11) is 4.20. The van der Waals surface area contributed by atoms with Gasteiger partial charge in [-0.3, -0.25) is 0 Å². The molecule has 0 amide bonds. The van der Waals surface area contributed by atoms with Crippen molar-refractivity contribution in [1.82, 2.24) is 9.88 Å². The number of hydrogen-bond acceptors (Lipinski definition) is 4. The van der Waals surface area contributed by atoms with Gasteiger partial charge in [-0.1, -0.05) is 6.07 Å². The highest BCUT2D eigenvalue weighted by molar-refractivity contribution is 5.48. The Balaban J connectivity index is 2.75. The van der Waals surface area contributed by atoms with Crippen molar-refractivity contribution in [3.05, 3.63) is 23.9 Å². The quantitative estimate of drug-likeness (QED) is 0.802. The molecule has 0 fully saturated rings. The minimum absolute atomic E-state index is 0.0246. The number of nitrogens with two attached hydrogens (primary N) is 1. The van der Waals surface area contributed by atoms with Crippen molar-refractivity contribution in [2.24, 2.45) is 5.73 Å². The smallest absolute Gasteiger partial charge is 0.133 e. The highest BCUT2D eigenvalue weighted by Crippen LogP contribution is 2.22. The van der Waals surface area contributed by atoms with Gasteiger partial charge in [0.1, 0.15) is 5.82 Å². The van der Waals surface area contributed by atoms with E-state index in [0.29, 0.717) is 0 Å². The van der Waals surface area contributed by atoms with Crippen LogP contribution in [0, 0.1) is 0 Å². The summed E-state index contributed by atoms with van der Waals surface area (Å²) in [5.74, 6) is 1.04. The number of anilines is 1. The second-order valence-corrected chi connectivity index (χ2v) is 4.94. The molecule has 1 unspecified atom stereocenters. The van der Waals surface area contributed by atoms with Gasteiger partial charge < -0.3 is 15.5 Å². The molecule has 0 aliphatic carbocycles. The normalized spacial score (nSPS) is 12.8.